The largest absolute Gasteiger partial charge is 0.508 e. The van der Waals surface area contributed by atoms with Crippen molar-refractivity contribution < 1.29 is 39.9 Å². The van der Waals surface area contributed by atoms with Crippen LogP contribution in [0.5, 0.6) is 28.7 Å². The zero-order chi connectivity index (χ0) is 32.6. The zero-order valence-electron chi connectivity index (χ0n) is 24.6. The van der Waals surface area contributed by atoms with E-state index in [-0.39, 0.29) is 46.5 Å². The van der Waals surface area contributed by atoms with E-state index in [0.29, 0.717) is 56.6 Å². The minimum atomic E-state index is -0.348. The number of nitrogens with zero attached hydrogens (tertiary/aromatic N) is 1. The Morgan fingerprint density at radius 2 is 1.02 bits per heavy atom. The van der Waals surface area contributed by atoms with E-state index in [1.54, 1.807) is 35.2 Å². The van der Waals surface area contributed by atoms with Gasteiger partial charge in [0.2, 0.25) is 17.7 Å². The lowest BCUT2D eigenvalue weighted by molar-refractivity contribution is -0.126. The normalized spacial score (nSPS) is 11.3. The molecule has 7 N–H and O–H groups in total. The van der Waals surface area contributed by atoms with Crippen molar-refractivity contribution in [3.63, 3.8) is 0 Å². The predicted molar refractivity (Wildman–Crippen MR) is 171 cm³/mol. The van der Waals surface area contributed by atoms with Crippen LogP contribution < -0.4 is 10.6 Å². The average molecular weight is 616 g/mol. The standard InChI is InChI=1S/C34H37N3O8/c38-27-11-4-24(5-12-27)10-17-34(45)37(21-3-19-36-33(44)16-9-26-7-14-29(40)31(42)23-26)20-2-1-18-35-32(43)15-8-25-6-13-28(39)30(41)22-25/h4-17,22-23,38-42H,1-3,18-21H2,(H,35,43)(H,36,44)/b15-8+,16-9+,17-10+. The molecule has 0 heterocycles. The van der Waals surface area contributed by atoms with Crippen molar-refractivity contribution in [2.75, 3.05) is 26.2 Å². The minimum absolute atomic E-state index is 0.125. The maximum Gasteiger partial charge on any atom is 0.246 e. The Kier molecular flexibility index (Phi) is 13.1. The number of hydrogen-bond donors (Lipinski definition) is 7. The number of aromatic hydroxyl groups is 5. The third kappa shape index (κ3) is 12.2. The monoisotopic (exact) mass is 615 g/mol. The molecule has 0 aliphatic rings. The second kappa shape index (κ2) is 17.4. The fourth-order valence-corrected chi connectivity index (χ4v) is 4.06. The highest BCUT2D eigenvalue weighted by Crippen LogP contribution is 2.26. The predicted octanol–water partition coefficient (Wildman–Crippen LogP) is 3.89. The molecule has 0 atom stereocenters. The van der Waals surface area contributed by atoms with Gasteiger partial charge in [-0.1, -0.05) is 24.3 Å². The first-order chi connectivity index (χ1) is 21.6. The van der Waals surface area contributed by atoms with E-state index in [1.165, 1.54) is 66.8 Å². The van der Waals surface area contributed by atoms with E-state index in [1.807, 2.05) is 0 Å². The van der Waals surface area contributed by atoms with E-state index < -0.39 is 0 Å². The Bertz CT molecular complexity index is 1550. The zero-order valence-corrected chi connectivity index (χ0v) is 24.6. The van der Waals surface area contributed by atoms with Gasteiger partial charge in [-0.05, 0) is 90.6 Å². The van der Waals surface area contributed by atoms with E-state index in [9.17, 15) is 39.9 Å². The number of carbonyl (C=O) groups excluding carboxylic acids is 3. The van der Waals surface area contributed by atoms with Gasteiger partial charge in [0.15, 0.2) is 23.0 Å². The molecular formula is C34H37N3O8. The third-order valence-electron chi connectivity index (χ3n) is 6.53. The number of carbonyl (C=O) groups is 3. The molecule has 3 amide bonds. The van der Waals surface area contributed by atoms with E-state index in [0.717, 1.165) is 5.56 Å². The van der Waals surface area contributed by atoms with E-state index in [4.69, 9.17) is 0 Å². The van der Waals surface area contributed by atoms with Crippen LogP contribution in [0, 0.1) is 0 Å². The van der Waals surface area contributed by atoms with Gasteiger partial charge in [0, 0.05) is 44.4 Å². The fourth-order valence-electron chi connectivity index (χ4n) is 4.06. The molecule has 0 saturated heterocycles. The van der Waals surface area contributed by atoms with Crippen LogP contribution in [0.3, 0.4) is 0 Å². The number of amides is 3. The lowest BCUT2D eigenvalue weighted by atomic mass is 10.2. The van der Waals surface area contributed by atoms with Crippen molar-refractivity contribution in [1.29, 1.82) is 0 Å². The summed E-state index contributed by atoms with van der Waals surface area (Å²) in [6, 6.07) is 14.9. The van der Waals surface area contributed by atoms with E-state index >= 15 is 0 Å². The van der Waals surface area contributed by atoms with Gasteiger partial charge in [0.05, 0.1) is 0 Å². The molecule has 0 spiro atoms. The number of nitrogens with one attached hydrogen (secondary N) is 2. The topological polar surface area (TPSA) is 180 Å². The summed E-state index contributed by atoms with van der Waals surface area (Å²) in [6.07, 6.45) is 10.5. The van der Waals surface area contributed by atoms with Gasteiger partial charge >= 0.3 is 0 Å². The van der Waals surface area contributed by atoms with Gasteiger partial charge < -0.3 is 41.1 Å². The molecular weight excluding hydrogens is 578 g/mol. The third-order valence-corrected chi connectivity index (χ3v) is 6.53. The number of unbranched alkanes of at least 4 members (excludes halogenated alkanes) is 1. The molecule has 3 aromatic rings. The molecule has 236 valence electrons. The molecule has 0 fully saturated rings. The van der Waals surface area contributed by atoms with Crippen LogP contribution in [0.4, 0.5) is 0 Å². The molecule has 45 heavy (non-hydrogen) atoms. The molecule has 11 nitrogen and oxygen atoms in total. The molecule has 0 aromatic heterocycles. The number of phenolic OH excluding ortho intramolecular Hbond substituents is 5. The summed E-state index contributed by atoms with van der Waals surface area (Å²) in [7, 11) is 0. The van der Waals surface area contributed by atoms with Crippen LogP contribution in [0.2, 0.25) is 0 Å². The summed E-state index contributed by atoms with van der Waals surface area (Å²) in [6.45, 7) is 1.51. The minimum Gasteiger partial charge on any atom is -0.508 e. The highest BCUT2D eigenvalue weighted by atomic mass is 16.3. The summed E-state index contributed by atoms with van der Waals surface area (Å²) in [4.78, 5) is 39.0. The smallest absolute Gasteiger partial charge is 0.246 e. The lowest BCUT2D eigenvalue weighted by Gasteiger charge is -2.21. The highest BCUT2D eigenvalue weighted by Gasteiger charge is 2.11. The highest BCUT2D eigenvalue weighted by molar-refractivity contribution is 5.93. The summed E-state index contributed by atoms with van der Waals surface area (Å²) in [5, 5.41) is 52.9. The van der Waals surface area contributed by atoms with Crippen molar-refractivity contribution in [2.24, 2.45) is 0 Å². The molecule has 3 rings (SSSR count). The molecule has 0 unspecified atom stereocenters. The Morgan fingerprint density at radius 1 is 0.556 bits per heavy atom. The van der Waals surface area contributed by atoms with Gasteiger partial charge in [-0.15, -0.1) is 0 Å². The summed E-state index contributed by atoms with van der Waals surface area (Å²) < 4.78 is 0. The first-order valence-corrected chi connectivity index (χ1v) is 14.3. The van der Waals surface area contributed by atoms with Crippen LogP contribution in [-0.4, -0.2) is 74.3 Å². The number of hydrogen-bond acceptors (Lipinski definition) is 8. The van der Waals surface area contributed by atoms with Crippen LogP contribution in [-0.2, 0) is 14.4 Å². The fraction of sp³-hybridized carbons (Fsp3) is 0.206. The van der Waals surface area contributed by atoms with Crippen molar-refractivity contribution in [2.45, 2.75) is 19.3 Å². The molecule has 0 radical (unpaired) electrons. The number of benzene rings is 3. The van der Waals surface area contributed by atoms with Crippen molar-refractivity contribution in [3.8, 4) is 28.7 Å². The second-order valence-corrected chi connectivity index (χ2v) is 10.1. The quantitative estimate of drug-likeness (QED) is 0.0764. The van der Waals surface area contributed by atoms with Crippen LogP contribution >= 0.6 is 0 Å². The van der Waals surface area contributed by atoms with Gasteiger partial charge in [0.25, 0.3) is 0 Å². The molecule has 0 saturated carbocycles. The molecule has 11 heteroatoms. The number of rotatable bonds is 15. The van der Waals surface area contributed by atoms with E-state index in [2.05, 4.69) is 10.6 Å². The van der Waals surface area contributed by atoms with Gasteiger partial charge in [-0.3, -0.25) is 14.4 Å². The second-order valence-electron chi connectivity index (χ2n) is 10.1. The molecule has 0 aliphatic carbocycles. The Labute approximate surface area is 261 Å². The van der Waals surface area contributed by atoms with Gasteiger partial charge in [0.1, 0.15) is 5.75 Å². The van der Waals surface area contributed by atoms with Crippen LogP contribution in [0.15, 0.2) is 78.9 Å². The van der Waals surface area contributed by atoms with Gasteiger partial charge in [-0.2, -0.15) is 0 Å². The van der Waals surface area contributed by atoms with Crippen molar-refractivity contribution in [1.82, 2.24) is 15.5 Å². The first-order valence-electron chi connectivity index (χ1n) is 14.3. The maximum absolute atomic E-state index is 13.0. The molecule has 3 aromatic carbocycles. The summed E-state index contributed by atoms with van der Waals surface area (Å²) in [5.74, 6) is -1.81. The Balaban J connectivity index is 1.46. The SMILES string of the molecule is O=C(/C=C/c1ccc(O)c(O)c1)NCCCCN(CCCNC(=O)/C=C/c1ccc(O)c(O)c1)C(=O)/C=C/c1ccc(O)cc1. The van der Waals surface area contributed by atoms with Crippen molar-refractivity contribution in [3.05, 3.63) is 95.6 Å². The Morgan fingerprint density at radius 3 is 1.56 bits per heavy atom. The molecule has 0 aliphatic heterocycles. The van der Waals surface area contributed by atoms with Gasteiger partial charge in [-0.25, -0.2) is 0 Å². The van der Waals surface area contributed by atoms with Crippen LogP contribution in [0.25, 0.3) is 18.2 Å². The Hall–Kier alpha value is -5.71. The van der Waals surface area contributed by atoms with Crippen molar-refractivity contribution >= 4 is 35.9 Å². The maximum atomic E-state index is 13.0. The number of phenols is 5. The first kappa shape index (κ1) is 33.8. The molecule has 0 bridgehead atoms. The summed E-state index contributed by atoms with van der Waals surface area (Å²) in [5.41, 5.74) is 1.85. The van der Waals surface area contributed by atoms with Crippen LogP contribution in [0.1, 0.15) is 36.0 Å². The lowest BCUT2D eigenvalue weighted by Crippen LogP contribution is -2.34. The summed E-state index contributed by atoms with van der Waals surface area (Å²) >= 11 is 0. The average Bonchev–Trinajstić information content (AvgIpc) is 3.02.